The predicted octanol–water partition coefficient (Wildman–Crippen LogP) is 2.04. The van der Waals surface area contributed by atoms with E-state index in [-0.39, 0.29) is 11.9 Å². The molecule has 0 bridgehead atoms. The first-order chi connectivity index (χ1) is 12.4. The summed E-state index contributed by atoms with van der Waals surface area (Å²) in [6.07, 6.45) is 2.37. The molecule has 0 saturated carbocycles. The average molecular weight is 353 g/mol. The number of hydrogen-bond donors (Lipinski definition) is 0. The van der Waals surface area contributed by atoms with Crippen molar-refractivity contribution in [2.75, 3.05) is 39.6 Å². The highest BCUT2D eigenvalue weighted by Crippen LogP contribution is 2.28. The van der Waals surface area contributed by atoms with Crippen LogP contribution in [0.15, 0.2) is 30.6 Å². The number of carbonyl (C=O) groups excluding carboxylic acids is 1. The van der Waals surface area contributed by atoms with Crippen LogP contribution < -0.4 is 4.90 Å². The zero-order valence-electron chi connectivity index (χ0n) is 16.2. The molecule has 6 heteroatoms. The third kappa shape index (κ3) is 3.55. The van der Waals surface area contributed by atoms with Gasteiger partial charge in [0.2, 0.25) is 5.91 Å². The van der Waals surface area contributed by atoms with E-state index in [0.29, 0.717) is 13.1 Å². The Bertz CT molecular complexity index is 785. The highest BCUT2D eigenvalue weighted by atomic mass is 16.2. The Labute approximate surface area is 155 Å². The van der Waals surface area contributed by atoms with Crippen LogP contribution >= 0.6 is 0 Å². The lowest BCUT2D eigenvalue weighted by Crippen LogP contribution is -2.43. The molecule has 1 aliphatic rings. The molecule has 1 amide bonds. The van der Waals surface area contributed by atoms with E-state index in [4.69, 9.17) is 0 Å². The Kier molecular flexibility index (Phi) is 5.23. The Hall–Kier alpha value is -2.47. The zero-order chi connectivity index (χ0) is 18.8. The molecule has 0 radical (unpaired) electrons. The summed E-state index contributed by atoms with van der Waals surface area (Å²) < 4.78 is 0. The van der Waals surface area contributed by atoms with E-state index in [9.17, 15) is 4.79 Å². The number of likely N-dealkylation sites (N-methyl/N-ethyl adjacent to an activating group) is 1. The zero-order valence-corrected chi connectivity index (χ0v) is 16.2. The van der Waals surface area contributed by atoms with Crippen molar-refractivity contribution in [3.63, 3.8) is 0 Å². The van der Waals surface area contributed by atoms with Crippen LogP contribution in [0.3, 0.4) is 0 Å². The second kappa shape index (κ2) is 7.41. The van der Waals surface area contributed by atoms with Crippen molar-refractivity contribution in [1.29, 1.82) is 0 Å². The SMILES string of the molecule is Cc1ccc([C@@H](C(=O)N2CCc3c(ncnc3N(C)C)C2)N(C)C)cc1. The molecule has 1 aromatic heterocycles. The lowest BCUT2D eigenvalue weighted by atomic mass is 10.00. The van der Waals surface area contributed by atoms with E-state index in [1.54, 1.807) is 6.33 Å². The summed E-state index contributed by atoms with van der Waals surface area (Å²) in [6.45, 7) is 3.28. The number of benzene rings is 1. The lowest BCUT2D eigenvalue weighted by molar-refractivity contribution is -0.137. The Morgan fingerprint density at radius 3 is 2.42 bits per heavy atom. The van der Waals surface area contributed by atoms with Gasteiger partial charge in [-0.1, -0.05) is 29.8 Å². The first-order valence-electron chi connectivity index (χ1n) is 8.90. The number of rotatable bonds is 4. The van der Waals surface area contributed by atoms with Gasteiger partial charge in [-0.25, -0.2) is 9.97 Å². The Morgan fingerprint density at radius 1 is 1.12 bits per heavy atom. The van der Waals surface area contributed by atoms with Gasteiger partial charge in [0.25, 0.3) is 0 Å². The summed E-state index contributed by atoms with van der Waals surface area (Å²) in [4.78, 5) is 28.0. The van der Waals surface area contributed by atoms with Crippen LogP contribution in [0.2, 0.25) is 0 Å². The van der Waals surface area contributed by atoms with E-state index in [1.165, 1.54) is 5.56 Å². The van der Waals surface area contributed by atoms with Gasteiger partial charge in [0.1, 0.15) is 18.2 Å². The van der Waals surface area contributed by atoms with Crippen molar-refractivity contribution < 1.29 is 4.79 Å². The van der Waals surface area contributed by atoms with Crippen molar-refractivity contribution in [3.05, 3.63) is 53.0 Å². The number of carbonyl (C=O) groups is 1. The normalized spacial score (nSPS) is 14.9. The van der Waals surface area contributed by atoms with Crippen LogP contribution in [0.1, 0.15) is 28.4 Å². The summed E-state index contributed by atoms with van der Waals surface area (Å²) in [6, 6.07) is 7.92. The molecule has 138 valence electrons. The quantitative estimate of drug-likeness (QED) is 0.842. The first-order valence-corrected chi connectivity index (χ1v) is 8.90. The molecule has 0 saturated heterocycles. The molecule has 26 heavy (non-hydrogen) atoms. The van der Waals surface area contributed by atoms with Crippen molar-refractivity contribution in [1.82, 2.24) is 19.8 Å². The van der Waals surface area contributed by atoms with Crippen LogP contribution in [-0.2, 0) is 17.8 Å². The molecular formula is C20H27N5O. The minimum Gasteiger partial charge on any atom is -0.362 e. The molecule has 2 heterocycles. The van der Waals surface area contributed by atoms with Crippen molar-refractivity contribution >= 4 is 11.7 Å². The van der Waals surface area contributed by atoms with Gasteiger partial charge >= 0.3 is 0 Å². The maximum Gasteiger partial charge on any atom is 0.244 e. The van der Waals surface area contributed by atoms with Gasteiger partial charge in [-0.3, -0.25) is 9.69 Å². The maximum absolute atomic E-state index is 13.3. The van der Waals surface area contributed by atoms with Gasteiger partial charge in [-0.15, -0.1) is 0 Å². The molecule has 3 rings (SSSR count). The highest BCUT2D eigenvalue weighted by molar-refractivity contribution is 5.83. The van der Waals surface area contributed by atoms with Crippen molar-refractivity contribution in [2.24, 2.45) is 0 Å². The maximum atomic E-state index is 13.3. The van der Waals surface area contributed by atoms with Gasteiger partial charge < -0.3 is 9.80 Å². The summed E-state index contributed by atoms with van der Waals surface area (Å²) in [5, 5.41) is 0. The fraction of sp³-hybridized carbons (Fsp3) is 0.450. The van der Waals surface area contributed by atoms with Gasteiger partial charge in [-0.05, 0) is 33.0 Å². The minimum absolute atomic E-state index is 0.120. The summed E-state index contributed by atoms with van der Waals surface area (Å²) in [7, 11) is 7.87. The van der Waals surface area contributed by atoms with E-state index in [1.807, 2.05) is 55.0 Å². The number of anilines is 1. The number of amides is 1. The Balaban J connectivity index is 1.86. The molecule has 0 fully saturated rings. The second-order valence-electron chi connectivity index (χ2n) is 7.30. The molecule has 0 unspecified atom stereocenters. The van der Waals surface area contributed by atoms with E-state index >= 15 is 0 Å². The molecule has 6 nitrogen and oxygen atoms in total. The third-order valence-corrected chi connectivity index (χ3v) is 4.86. The standard InChI is InChI=1S/C20H27N5O/c1-14-6-8-15(9-7-14)18(23(2)3)20(26)25-11-10-16-17(12-25)21-13-22-19(16)24(4)5/h6-9,13,18H,10-12H2,1-5H3/t18-/m0/s1. The fourth-order valence-corrected chi connectivity index (χ4v) is 3.49. The van der Waals surface area contributed by atoms with E-state index in [2.05, 4.69) is 29.0 Å². The van der Waals surface area contributed by atoms with Crippen molar-refractivity contribution in [2.45, 2.75) is 25.9 Å². The first kappa shape index (κ1) is 18.3. The smallest absolute Gasteiger partial charge is 0.244 e. The number of aryl methyl sites for hydroxylation is 1. The van der Waals surface area contributed by atoms with Crippen molar-refractivity contribution in [3.8, 4) is 0 Å². The minimum atomic E-state index is -0.285. The molecule has 1 atom stereocenters. The Morgan fingerprint density at radius 2 is 1.81 bits per heavy atom. The highest BCUT2D eigenvalue weighted by Gasteiger charge is 2.31. The van der Waals surface area contributed by atoms with Gasteiger partial charge in [0.05, 0.1) is 12.2 Å². The third-order valence-electron chi connectivity index (χ3n) is 4.86. The van der Waals surface area contributed by atoms with Crippen LogP contribution in [0.4, 0.5) is 5.82 Å². The summed E-state index contributed by atoms with van der Waals surface area (Å²) in [5.74, 6) is 1.07. The monoisotopic (exact) mass is 353 g/mol. The molecular weight excluding hydrogens is 326 g/mol. The van der Waals surface area contributed by atoms with E-state index in [0.717, 1.165) is 29.1 Å². The van der Waals surface area contributed by atoms with Crippen LogP contribution in [0, 0.1) is 6.92 Å². The summed E-state index contributed by atoms with van der Waals surface area (Å²) in [5.41, 5.74) is 4.31. The molecule has 0 aliphatic carbocycles. The largest absolute Gasteiger partial charge is 0.362 e. The van der Waals surface area contributed by atoms with Crippen LogP contribution in [0.25, 0.3) is 0 Å². The lowest BCUT2D eigenvalue weighted by Gasteiger charge is -2.34. The molecule has 1 aromatic carbocycles. The average Bonchev–Trinajstić information content (AvgIpc) is 2.62. The fourth-order valence-electron chi connectivity index (χ4n) is 3.49. The van der Waals surface area contributed by atoms with Crippen LogP contribution in [0.5, 0.6) is 0 Å². The number of fused-ring (bicyclic) bond motifs is 1. The van der Waals surface area contributed by atoms with Crippen LogP contribution in [-0.4, -0.2) is 60.4 Å². The second-order valence-corrected chi connectivity index (χ2v) is 7.30. The van der Waals surface area contributed by atoms with Gasteiger partial charge in [0, 0.05) is 26.2 Å². The van der Waals surface area contributed by atoms with Gasteiger partial charge in [0.15, 0.2) is 0 Å². The molecule has 1 aliphatic heterocycles. The van der Waals surface area contributed by atoms with Gasteiger partial charge in [-0.2, -0.15) is 0 Å². The molecule has 0 N–H and O–H groups in total. The predicted molar refractivity (Wildman–Crippen MR) is 103 cm³/mol. The number of hydrogen-bond acceptors (Lipinski definition) is 5. The number of aromatic nitrogens is 2. The number of nitrogens with zero attached hydrogens (tertiary/aromatic N) is 5. The molecule has 0 spiro atoms. The molecule has 2 aromatic rings. The topological polar surface area (TPSA) is 52.6 Å². The summed E-state index contributed by atoms with van der Waals surface area (Å²) >= 11 is 0. The van der Waals surface area contributed by atoms with E-state index < -0.39 is 0 Å².